The fourth-order valence-electron chi connectivity index (χ4n) is 1.62. The molecule has 0 bridgehead atoms. The summed E-state index contributed by atoms with van der Waals surface area (Å²) < 4.78 is 0. The first-order valence-corrected chi connectivity index (χ1v) is 6.39. The molecule has 1 aromatic heterocycles. The van der Waals surface area contributed by atoms with Crippen LogP contribution in [0.2, 0.25) is 0 Å². The minimum atomic E-state index is 0.170. The van der Waals surface area contributed by atoms with Crippen LogP contribution in [0.15, 0.2) is 41.8 Å². The van der Waals surface area contributed by atoms with Crippen molar-refractivity contribution in [2.24, 2.45) is 0 Å². The van der Waals surface area contributed by atoms with Crippen LogP contribution in [0, 0.1) is 6.92 Å². The molecule has 1 heterocycles. The van der Waals surface area contributed by atoms with E-state index in [-0.39, 0.29) is 5.78 Å². The Labute approximate surface area is 106 Å². The molecule has 17 heavy (non-hydrogen) atoms. The third-order valence-electron chi connectivity index (χ3n) is 2.65. The van der Waals surface area contributed by atoms with Gasteiger partial charge in [-0.2, -0.15) is 0 Å². The molecule has 2 rings (SSSR count). The molecule has 88 valence electrons. The van der Waals surface area contributed by atoms with Crippen molar-refractivity contribution in [3.8, 4) is 0 Å². The Hall–Kier alpha value is -1.61. The number of aryl methyl sites for hydroxylation is 1. The highest BCUT2D eigenvalue weighted by Crippen LogP contribution is 2.15. The first kappa shape index (κ1) is 11.9. The first-order valence-electron chi connectivity index (χ1n) is 5.51. The van der Waals surface area contributed by atoms with Gasteiger partial charge in [-0.05, 0) is 30.5 Å². The van der Waals surface area contributed by atoms with E-state index < -0.39 is 0 Å². The number of carbonyl (C=O) groups is 1. The maximum atomic E-state index is 11.9. The van der Waals surface area contributed by atoms with Crippen LogP contribution in [0.5, 0.6) is 0 Å². The third-order valence-corrected chi connectivity index (χ3v) is 3.56. The van der Waals surface area contributed by atoms with Crippen LogP contribution in [0.1, 0.15) is 15.2 Å². The molecule has 0 N–H and O–H groups in total. The van der Waals surface area contributed by atoms with E-state index in [0.717, 1.165) is 10.6 Å². The van der Waals surface area contributed by atoms with Crippen molar-refractivity contribution in [1.82, 2.24) is 0 Å². The van der Waals surface area contributed by atoms with Gasteiger partial charge in [0.2, 0.25) is 0 Å². The van der Waals surface area contributed by atoms with E-state index in [9.17, 15) is 4.79 Å². The van der Waals surface area contributed by atoms with Crippen LogP contribution in [0.25, 0.3) is 0 Å². The maximum Gasteiger partial charge on any atom is 0.191 e. The summed E-state index contributed by atoms with van der Waals surface area (Å²) in [5, 5.41) is 1.93. The Morgan fingerprint density at radius 3 is 2.53 bits per heavy atom. The summed E-state index contributed by atoms with van der Waals surface area (Å²) in [5.41, 5.74) is 2.30. The van der Waals surface area contributed by atoms with Gasteiger partial charge in [-0.25, -0.2) is 0 Å². The van der Waals surface area contributed by atoms with Gasteiger partial charge in [-0.3, -0.25) is 4.79 Å². The number of ketones is 1. The fourth-order valence-corrected chi connectivity index (χ4v) is 2.28. The monoisotopic (exact) mass is 245 g/mol. The number of hydrogen-bond donors (Lipinski definition) is 0. The molecular weight excluding hydrogens is 230 g/mol. The Balaban J connectivity index is 2.04. The summed E-state index contributed by atoms with van der Waals surface area (Å²) in [4.78, 5) is 14.7. The van der Waals surface area contributed by atoms with Gasteiger partial charge in [0.1, 0.15) is 0 Å². The number of carbonyl (C=O) groups excluding carboxylic acids is 1. The van der Waals surface area contributed by atoms with E-state index >= 15 is 0 Å². The molecule has 3 heteroatoms. The molecule has 0 amide bonds. The highest BCUT2D eigenvalue weighted by Gasteiger charge is 2.10. The zero-order valence-electron chi connectivity index (χ0n) is 10.0. The van der Waals surface area contributed by atoms with Gasteiger partial charge in [0, 0.05) is 12.7 Å². The Bertz CT molecular complexity index is 487. The molecule has 0 aliphatic heterocycles. The summed E-state index contributed by atoms with van der Waals surface area (Å²) in [6.07, 6.45) is 0. The van der Waals surface area contributed by atoms with Gasteiger partial charge in [-0.15, -0.1) is 11.3 Å². The minimum Gasteiger partial charge on any atom is -0.367 e. The molecule has 0 atom stereocenters. The molecule has 1 aromatic carbocycles. The maximum absolute atomic E-state index is 11.9. The van der Waals surface area contributed by atoms with E-state index in [0.29, 0.717) is 6.54 Å². The highest BCUT2D eigenvalue weighted by molar-refractivity contribution is 7.12. The lowest BCUT2D eigenvalue weighted by Gasteiger charge is -2.18. The van der Waals surface area contributed by atoms with Gasteiger partial charge in [-0.1, -0.05) is 23.8 Å². The number of thiophene rings is 1. The molecule has 0 aliphatic rings. The highest BCUT2D eigenvalue weighted by atomic mass is 32.1. The predicted octanol–water partition coefficient (Wildman–Crippen LogP) is 3.38. The molecule has 0 saturated carbocycles. The lowest BCUT2D eigenvalue weighted by Crippen LogP contribution is -2.25. The van der Waals surface area contributed by atoms with E-state index in [1.807, 2.05) is 41.6 Å². The van der Waals surface area contributed by atoms with Gasteiger partial charge >= 0.3 is 0 Å². The van der Waals surface area contributed by atoms with E-state index in [2.05, 4.69) is 19.1 Å². The molecule has 0 fully saturated rings. The Kier molecular flexibility index (Phi) is 3.59. The number of hydrogen-bond acceptors (Lipinski definition) is 3. The molecule has 0 saturated heterocycles. The fraction of sp³-hybridized carbons (Fsp3) is 0.214. The molecule has 0 aliphatic carbocycles. The standard InChI is InChI=1S/C14H15NOS/c1-11-5-7-12(8-6-11)15(2)10-13(16)14-4-3-9-17-14/h3-9H,10H2,1-2H3. The third kappa shape index (κ3) is 2.94. The van der Waals surface area contributed by atoms with Crippen LogP contribution in [0.4, 0.5) is 5.69 Å². The van der Waals surface area contributed by atoms with Gasteiger partial charge in [0.15, 0.2) is 5.78 Å². The van der Waals surface area contributed by atoms with E-state index in [1.54, 1.807) is 0 Å². The van der Waals surface area contributed by atoms with Crippen LogP contribution in [-0.4, -0.2) is 19.4 Å². The molecule has 2 nitrogen and oxygen atoms in total. The largest absolute Gasteiger partial charge is 0.367 e. The van der Waals surface area contributed by atoms with Gasteiger partial charge < -0.3 is 4.90 Å². The second-order valence-corrected chi connectivity index (χ2v) is 5.04. The summed E-state index contributed by atoms with van der Waals surface area (Å²) in [6, 6.07) is 12.0. The SMILES string of the molecule is Cc1ccc(N(C)CC(=O)c2cccs2)cc1. The van der Waals surface area contributed by atoms with Crippen molar-refractivity contribution in [2.75, 3.05) is 18.5 Å². The van der Waals surface area contributed by atoms with E-state index in [1.165, 1.54) is 16.9 Å². The molecule has 2 aromatic rings. The Morgan fingerprint density at radius 1 is 1.24 bits per heavy atom. The lowest BCUT2D eigenvalue weighted by atomic mass is 10.2. The van der Waals surface area contributed by atoms with Crippen molar-refractivity contribution in [2.45, 2.75) is 6.92 Å². The smallest absolute Gasteiger partial charge is 0.191 e. The zero-order valence-corrected chi connectivity index (χ0v) is 10.8. The summed E-state index contributed by atoms with van der Waals surface area (Å²) in [6.45, 7) is 2.48. The zero-order chi connectivity index (χ0) is 12.3. The van der Waals surface area contributed by atoms with Crippen molar-refractivity contribution in [3.63, 3.8) is 0 Å². The average molecular weight is 245 g/mol. The molecule has 0 unspecified atom stereocenters. The van der Waals surface area contributed by atoms with Gasteiger partial charge in [0.05, 0.1) is 11.4 Å². The number of nitrogens with zero attached hydrogens (tertiary/aromatic N) is 1. The van der Waals surface area contributed by atoms with Crippen LogP contribution in [0.3, 0.4) is 0 Å². The normalized spacial score (nSPS) is 10.2. The number of rotatable bonds is 4. The molecular formula is C14H15NOS. The van der Waals surface area contributed by atoms with E-state index in [4.69, 9.17) is 0 Å². The van der Waals surface area contributed by atoms with Crippen LogP contribution < -0.4 is 4.90 Å². The predicted molar refractivity (Wildman–Crippen MR) is 73.1 cm³/mol. The summed E-state index contributed by atoms with van der Waals surface area (Å²) in [5.74, 6) is 0.170. The minimum absolute atomic E-state index is 0.170. The van der Waals surface area contributed by atoms with Crippen molar-refractivity contribution in [3.05, 3.63) is 52.2 Å². The van der Waals surface area contributed by atoms with Crippen molar-refractivity contribution in [1.29, 1.82) is 0 Å². The number of Topliss-reactive ketones (excluding diaryl/α,β-unsaturated/α-hetero) is 1. The second-order valence-electron chi connectivity index (χ2n) is 4.09. The number of benzene rings is 1. The quantitative estimate of drug-likeness (QED) is 0.770. The number of likely N-dealkylation sites (N-methyl/N-ethyl adjacent to an activating group) is 1. The second kappa shape index (κ2) is 5.15. The van der Waals surface area contributed by atoms with Crippen LogP contribution >= 0.6 is 11.3 Å². The topological polar surface area (TPSA) is 20.3 Å². The van der Waals surface area contributed by atoms with Crippen molar-refractivity contribution >= 4 is 22.8 Å². The average Bonchev–Trinajstić information content (AvgIpc) is 2.83. The Morgan fingerprint density at radius 2 is 1.94 bits per heavy atom. The lowest BCUT2D eigenvalue weighted by molar-refractivity contribution is 0.100. The summed E-state index contributed by atoms with van der Waals surface area (Å²) >= 11 is 1.49. The number of anilines is 1. The molecule has 0 spiro atoms. The molecule has 0 radical (unpaired) electrons. The van der Waals surface area contributed by atoms with Crippen molar-refractivity contribution < 1.29 is 4.79 Å². The van der Waals surface area contributed by atoms with Crippen LogP contribution in [-0.2, 0) is 0 Å². The summed E-state index contributed by atoms with van der Waals surface area (Å²) in [7, 11) is 1.94. The van der Waals surface area contributed by atoms with Gasteiger partial charge in [0.25, 0.3) is 0 Å². The first-order chi connectivity index (χ1) is 8.16.